The van der Waals surface area contributed by atoms with Crippen LogP contribution in [-0.4, -0.2) is 11.9 Å². The normalized spacial score (nSPS) is 11.8. The predicted molar refractivity (Wildman–Crippen MR) is 75.3 cm³/mol. The zero-order chi connectivity index (χ0) is 12.7. The Balaban J connectivity index is 2.89. The van der Waals surface area contributed by atoms with Gasteiger partial charge in [-0.3, -0.25) is 0 Å². The SMILES string of the molecule is C=Cc1cccc(C(CCC=N)CC(C)=N)c1. The van der Waals surface area contributed by atoms with Crippen LogP contribution in [0.3, 0.4) is 0 Å². The molecule has 1 rings (SSSR count). The number of rotatable bonds is 7. The second kappa shape index (κ2) is 6.79. The van der Waals surface area contributed by atoms with Gasteiger partial charge in [0.05, 0.1) is 0 Å². The van der Waals surface area contributed by atoms with Crippen LogP contribution in [0.4, 0.5) is 0 Å². The van der Waals surface area contributed by atoms with Gasteiger partial charge in [0.2, 0.25) is 0 Å². The van der Waals surface area contributed by atoms with Crippen molar-refractivity contribution in [2.75, 3.05) is 0 Å². The molecule has 2 N–H and O–H groups in total. The predicted octanol–water partition coefficient (Wildman–Crippen LogP) is 4.27. The summed E-state index contributed by atoms with van der Waals surface area (Å²) in [5, 5.41) is 14.8. The maximum Gasteiger partial charge on any atom is 0.00643 e. The molecule has 0 saturated heterocycles. The minimum absolute atomic E-state index is 0.342. The topological polar surface area (TPSA) is 47.7 Å². The van der Waals surface area contributed by atoms with Crippen LogP contribution in [0.5, 0.6) is 0 Å². The second-order valence-corrected chi connectivity index (χ2v) is 4.34. The first kappa shape index (κ1) is 13.4. The van der Waals surface area contributed by atoms with Crippen LogP contribution in [0.25, 0.3) is 6.08 Å². The van der Waals surface area contributed by atoms with Gasteiger partial charge in [0, 0.05) is 5.71 Å². The minimum atomic E-state index is 0.342. The fraction of sp³-hybridized carbons (Fsp3) is 0.333. The van der Waals surface area contributed by atoms with Gasteiger partial charge in [0.1, 0.15) is 0 Å². The molecule has 0 saturated carbocycles. The average Bonchev–Trinajstić information content (AvgIpc) is 2.34. The number of hydrogen-bond acceptors (Lipinski definition) is 2. The highest BCUT2D eigenvalue weighted by atomic mass is 14.4. The van der Waals surface area contributed by atoms with Crippen molar-refractivity contribution in [1.82, 2.24) is 0 Å². The Hall–Kier alpha value is -1.70. The molecule has 0 radical (unpaired) electrons. The summed E-state index contributed by atoms with van der Waals surface area (Å²) in [7, 11) is 0. The van der Waals surface area contributed by atoms with Crippen molar-refractivity contribution in [3.63, 3.8) is 0 Å². The van der Waals surface area contributed by atoms with Gasteiger partial charge in [-0.1, -0.05) is 36.9 Å². The van der Waals surface area contributed by atoms with Crippen molar-refractivity contribution < 1.29 is 0 Å². The Morgan fingerprint density at radius 2 is 2.24 bits per heavy atom. The molecule has 17 heavy (non-hydrogen) atoms. The summed E-state index contributed by atoms with van der Waals surface area (Å²) >= 11 is 0. The second-order valence-electron chi connectivity index (χ2n) is 4.34. The molecule has 2 heteroatoms. The smallest absolute Gasteiger partial charge is 0.00643 e. The van der Waals surface area contributed by atoms with Gasteiger partial charge >= 0.3 is 0 Å². The molecule has 1 aromatic carbocycles. The van der Waals surface area contributed by atoms with Gasteiger partial charge in [-0.2, -0.15) is 0 Å². The quantitative estimate of drug-likeness (QED) is 0.655. The zero-order valence-corrected chi connectivity index (χ0v) is 10.4. The van der Waals surface area contributed by atoms with Gasteiger partial charge in [0.15, 0.2) is 0 Å². The van der Waals surface area contributed by atoms with E-state index in [1.54, 1.807) is 0 Å². The molecule has 1 aromatic rings. The molecule has 0 spiro atoms. The van der Waals surface area contributed by atoms with Gasteiger partial charge in [-0.05, 0) is 49.4 Å². The zero-order valence-electron chi connectivity index (χ0n) is 10.4. The maximum absolute atomic E-state index is 7.63. The Morgan fingerprint density at radius 3 is 2.82 bits per heavy atom. The van der Waals surface area contributed by atoms with Gasteiger partial charge in [-0.25, -0.2) is 0 Å². The van der Waals surface area contributed by atoms with Gasteiger partial charge in [0.25, 0.3) is 0 Å². The first-order valence-electron chi connectivity index (χ1n) is 5.92. The molecule has 0 heterocycles. The Morgan fingerprint density at radius 1 is 1.47 bits per heavy atom. The third-order valence-corrected chi connectivity index (χ3v) is 2.83. The summed E-state index contributed by atoms with van der Waals surface area (Å²) in [4.78, 5) is 0. The van der Waals surface area contributed by atoms with Crippen molar-refractivity contribution in [2.24, 2.45) is 0 Å². The highest BCUT2D eigenvalue weighted by molar-refractivity contribution is 5.79. The van der Waals surface area contributed by atoms with Crippen molar-refractivity contribution >= 4 is 18.0 Å². The van der Waals surface area contributed by atoms with E-state index in [0.29, 0.717) is 11.6 Å². The molecule has 1 atom stereocenters. The fourth-order valence-corrected chi connectivity index (χ4v) is 1.98. The van der Waals surface area contributed by atoms with E-state index >= 15 is 0 Å². The van der Waals surface area contributed by atoms with Gasteiger partial charge < -0.3 is 10.8 Å². The summed E-state index contributed by atoms with van der Waals surface area (Å²) in [5.74, 6) is 0.342. The molecular formula is C15H20N2. The van der Waals surface area contributed by atoms with Crippen LogP contribution in [0.15, 0.2) is 30.8 Å². The first-order valence-corrected chi connectivity index (χ1v) is 5.92. The lowest BCUT2D eigenvalue weighted by molar-refractivity contribution is 0.666. The molecule has 2 nitrogen and oxygen atoms in total. The Bertz CT molecular complexity index is 407. The fourth-order valence-electron chi connectivity index (χ4n) is 1.98. The summed E-state index contributed by atoms with van der Waals surface area (Å²) in [5.41, 5.74) is 3.06. The average molecular weight is 228 g/mol. The third kappa shape index (κ3) is 4.35. The molecule has 0 amide bonds. The van der Waals surface area contributed by atoms with Crippen LogP contribution < -0.4 is 0 Å². The van der Waals surface area contributed by atoms with E-state index in [2.05, 4.69) is 18.7 Å². The van der Waals surface area contributed by atoms with Crippen molar-refractivity contribution in [3.8, 4) is 0 Å². The van der Waals surface area contributed by atoms with Crippen molar-refractivity contribution in [1.29, 1.82) is 10.8 Å². The van der Waals surface area contributed by atoms with E-state index in [1.807, 2.05) is 25.1 Å². The third-order valence-electron chi connectivity index (χ3n) is 2.83. The molecule has 0 bridgehead atoms. The molecule has 0 aliphatic rings. The molecule has 0 aromatic heterocycles. The van der Waals surface area contributed by atoms with Crippen molar-refractivity contribution in [3.05, 3.63) is 42.0 Å². The number of nitrogens with one attached hydrogen (secondary N) is 2. The molecular weight excluding hydrogens is 208 g/mol. The number of benzene rings is 1. The highest BCUT2D eigenvalue weighted by Crippen LogP contribution is 2.26. The van der Waals surface area contributed by atoms with E-state index in [4.69, 9.17) is 10.8 Å². The molecule has 0 aliphatic heterocycles. The summed E-state index contributed by atoms with van der Waals surface area (Å²) in [6, 6.07) is 8.29. The first-order chi connectivity index (χ1) is 8.17. The highest BCUT2D eigenvalue weighted by Gasteiger charge is 2.12. The standard InChI is InChI=1S/C15H20N2/c1-3-13-6-4-7-15(11-13)14(8-5-9-16)10-12(2)17/h3-4,6-7,9,11,14,16-17H,1,5,8,10H2,2H3. The lowest BCUT2D eigenvalue weighted by atomic mass is 9.89. The van der Waals surface area contributed by atoms with Crippen molar-refractivity contribution in [2.45, 2.75) is 32.1 Å². The Labute approximate surface area is 103 Å². The van der Waals surface area contributed by atoms with E-state index in [1.165, 1.54) is 11.8 Å². The molecule has 0 aliphatic carbocycles. The van der Waals surface area contributed by atoms with E-state index in [-0.39, 0.29) is 0 Å². The molecule has 0 fully saturated rings. The monoisotopic (exact) mass is 228 g/mol. The minimum Gasteiger partial charge on any atom is -0.313 e. The van der Waals surface area contributed by atoms with Crippen LogP contribution in [-0.2, 0) is 0 Å². The summed E-state index contributed by atoms with van der Waals surface area (Å²) < 4.78 is 0. The van der Waals surface area contributed by atoms with Crippen LogP contribution in [0, 0.1) is 10.8 Å². The van der Waals surface area contributed by atoms with Crippen LogP contribution in [0.1, 0.15) is 43.2 Å². The van der Waals surface area contributed by atoms with Gasteiger partial charge in [-0.15, -0.1) is 0 Å². The van der Waals surface area contributed by atoms with E-state index < -0.39 is 0 Å². The summed E-state index contributed by atoms with van der Waals surface area (Å²) in [6.45, 7) is 5.62. The van der Waals surface area contributed by atoms with Crippen LogP contribution >= 0.6 is 0 Å². The maximum atomic E-state index is 7.63. The lowest BCUT2D eigenvalue weighted by Gasteiger charge is -2.16. The molecule has 90 valence electrons. The van der Waals surface area contributed by atoms with Crippen LogP contribution in [0.2, 0.25) is 0 Å². The number of hydrogen-bond donors (Lipinski definition) is 2. The van der Waals surface area contributed by atoms with E-state index in [9.17, 15) is 0 Å². The summed E-state index contributed by atoms with van der Waals surface area (Å²) in [6.07, 6.45) is 5.77. The molecule has 1 unspecified atom stereocenters. The Kier molecular flexibility index (Phi) is 5.34. The largest absolute Gasteiger partial charge is 0.313 e. The lowest BCUT2D eigenvalue weighted by Crippen LogP contribution is -2.04. The van der Waals surface area contributed by atoms with E-state index in [0.717, 1.165) is 24.8 Å².